The van der Waals surface area contributed by atoms with Crippen LogP contribution in [0.2, 0.25) is 0 Å². The number of carboxylic acid groups (broad SMARTS) is 1. The molecule has 0 spiro atoms. The average molecular weight is 308 g/mol. The molecule has 2 N–H and O–H groups in total. The minimum absolute atomic E-state index is 0.0945. The van der Waals surface area contributed by atoms with Crippen LogP contribution in [0.3, 0.4) is 0 Å². The smallest absolute Gasteiger partial charge is 0.303 e. The fourth-order valence-corrected chi connectivity index (χ4v) is 1.86. The van der Waals surface area contributed by atoms with Crippen molar-refractivity contribution >= 4 is 11.8 Å². The Morgan fingerprint density at radius 1 is 0.955 bits per heavy atom. The van der Waals surface area contributed by atoms with Crippen molar-refractivity contribution in [3.63, 3.8) is 0 Å². The lowest BCUT2D eigenvalue weighted by atomic mass is 10.1. The lowest BCUT2D eigenvalue weighted by Gasteiger charge is -2.04. The van der Waals surface area contributed by atoms with Crippen LogP contribution in [0.4, 0.5) is 0 Å². The molecule has 22 heavy (non-hydrogen) atoms. The van der Waals surface area contributed by atoms with E-state index in [-0.39, 0.29) is 12.2 Å². The highest BCUT2D eigenvalue weighted by molar-refractivity contribution is 5.89. The van der Waals surface area contributed by atoms with Gasteiger partial charge in [-0.1, -0.05) is 63.0 Å². The Labute approximate surface area is 133 Å². The highest BCUT2D eigenvalue weighted by atomic mass is 16.4. The van der Waals surface area contributed by atoms with Gasteiger partial charge in [0.15, 0.2) is 5.78 Å². The van der Waals surface area contributed by atoms with Crippen LogP contribution in [0, 0.1) is 0 Å². The summed E-state index contributed by atoms with van der Waals surface area (Å²) in [5, 5.41) is 18.2. The van der Waals surface area contributed by atoms with Crippen LogP contribution in [0.15, 0.2) is 36.5 Å². The number of carboxylic acids is 1. The summed E-state index contributed by atoms with van der Waals surface area (Å²) in [5.74, 6) is -0.639. The molecular formula is C18H28O4. The summed E-state index contributed by atoms with van der Waals surface area (Å²) < 4.78 is 0. The van der Waals surface area contributed by atoms with Gasteiger partial charge in [0.05, 0.1) is 6.10 Å². The van der Waals surface area contributed by atoms with Crippen LogP contribution < -0.4 is 0 Å². The number of rotatable bonds is 13. The van der Waals surface area contributed by atoms with Crippen molar-refractivity contribution < 1.29 is 19.8 Å². The average Bonchev–Trinajstić information content (AvgIpc) is 2.49. The molecule has 0 aromatic carbocycles. The molecule has 0 saturated carbocycles. The number of allylic oxidation sites excluding steroid dienone is 5. The van der Waals surface area contributed by atoms with Crippen molar-refractivity contribution in [2.75, 3.05) is 0 Å². The lowest BCUT2D eigenvalue weighted by Crippen LogP contribution is -2.01. The Kier molecular flexibility index (Phi) is 13.2. The second-order valence-electron chi connectivity index (χ2n) is 5.22. The molecule has 0 saturated heterocycles. The van der Waals surface area contributed by atoms with Crippen LogP contribution in [0.25, 0.3) is 0 Å². The van der Waals surface area contributed by atoms with E-state index in [1.54, 1.807) is 30.4 Å². The van der Waals surface area contributed by atoms with E-state index in [1.807, 2.05) is 6.92 Å². The molecule has 4 heteroatoms. The molecule has 0 aromatic rings. The number of ketones is 1. The molecule has 1 unspecified atom stereocenters. The number of carbonyl (C=O) groups is 2. The highest BCUT2D eigenvalue weighted by Crippen LogP contribution is 2.09. The summed E-state index contributed by atoms with van der Waals surface area (Å²) in [4.78, 5) is 21.3. The van der Waals surface area contributed by atoms with Crippen molar-refractivity contribution in [3.8, 4) is 0 Å². The van der Waals surface area contributed by atoms with Gasteiger partial charge in [0.2, 0.25) is 0 Å². The monoisotopic (exact) mass is 308 g/mol. The molecular weight excluding hydrogens is 280 g/mol. The van der Waals surface area contributed by atoms with Gasteiger partial charge in [0.25, 0.3) is 0 Å². The normalized spacial score (nSPS) is 13.4. The van der Waals surface area contributed by atoms with Crippen LogP contribution in [-0.4, -0.2) is 28.1 Å². The Bertz CT molecular complexity index is 394. The molecule has 1 atom stereocenters. The molecule has 0 rings (SSSR count). The molecule has 124 valence electrons. The predicted molar refractivity (Wildman–Crippen MR) is 88.7 cm³/mol. The van der Waals surface area contributed by atoms with Gasteiger partial charge in [-0.2, -0.15) is 0 Å². The second kappa shape index (κ2) is 14.3. The molecule has 0 aliphatic heterocycles. The number of hydrogen-bond acceptors (Lipinski definition) is 3. The first-order valence-electron chi connectivity index (χ1n) is 8.00. The fourth-order valence-electron chi connectivity index (χ4n) is 1.86. The largest absolute Gasteiger partial charge is 0.481 e. The maximum atomic E-state index is 11.0. The number of carbonyl (C=O) groups excluding carboxylic acids is 1. The summed E-state index contributed by atoms with van der Waals surface area (Å²) in [6.07, 6.45) is 15.9. The quantitative estimate of drug-likeness (QED) is 0.308. The van der Waals surface area contributed by atoms with Gasteiger partial charge in [-0.3, -0.25) is 9.59 Å². The first-order valence-corrected chi connectivity index (χ1v) is 8.00. The number of hydrogen-bond donors (Lipinski definition) is 2. The first-order chi connectivity index (χ1) is 10.6. The Balaban J connectivity index is 3.60. The minimum atomic E-state index is -0.734. The summed E-state index contributed by atoms with van der Waals surface area (Å²) in [6, 6.07) is 0. The van der Waals surface area contributed by atoms with E-state index >= 15 is 0 Å². The Morgan fingerprint density at radius 2 is 1.59 bits per heavy atom. The van der Waals surface area contributed by atoms with Gasteiger partial charge in [-0.15, -0.1) is 0 Å². The number of aliphatic carboxylic acids is 1. The number of unbranched alkanes of at least 4 members (excludes halogenated alkanes) is 4. The molecule has 0 fully saturated rings. The van der Waals surface area contributed by atoms with Gasteiger partial charge >= 0.3 is 5.97 Å². The summed E-state index contributed by atoms with van der Waals surface area (Å²) in [7, 11) is 0. The van der Waals surface area contributed by atoms with E-state index in [9.17, 15) is 14.7 Å². The molecule has 0 heterocycles. The van der Waals surface area contributed by atoms with E-state index in [0.717, 1.165) is 32.1 Å². The summed E-state index contributed by atoms with van der Waals surface area (Å²) in [5.41, 5.74) is 0. The molecule has 0 aliphatic rings. The van der Waals surface area contributed by atoms with Crippen molar-refractivity contribution in [2.45, 2.75) is 64.4 Å². The van der Waals surface area contributed by atoms with Crippen LogP contribution >= 0.6 is 0 Å². The van der Waals surface area contributed by atoms with E-state index < -0.39 is 12.1 Å². The van der Waals surface area contributed by atoms with Crippen molar-refractivity contribution in [3.05, 3.63) is 36.5 Å². The predicted octanol–water partition coefficient (Wildman–Crippen LogP) is 3.81. The lowest BCUT2D eigenvalue weighted by molar-refractivity contribution is -0.137. The van der Waals surface area contributed by atoms with Gasteiger partial charge in [0, 0.05) is 12.8 Å². The summed E-state index contributed by atoms with van der Waals surface area (Å²) in [6.45, 7) is 1.82. The third-order valence-electron chi connectivity index (χ3n) is 3.19. The van der Waals surface area contributed by atoms with Gasteiger partial charge in [0.1, 0.15) is 0 Å². The standard InChI is InChI=1S/C18H28O4/c1-2-16(19)12-8-6-7-10-14-17(20)13-9-4-3-5-11-15-18(21)22/h6-8,10,12,14,17,20H,2-5,9,11,13,15H2,1H3,(H,21,22). The zero-order valence-corrected chi connectivity index (χ0v) is 13.4. The first kappa shape index (κ1) is 20.3. The highest BCUT2D eigenvalue weighted by Gasteiger charge is 1.99. The molecule has 4 nitrogen and oxygen atoms in total. The fraction of sp³-hybridized carbons (Fsp3) is 0.556. The molecule has 0 radical (unpaired) electrons. The molecule has 0 bridgehead atoms. The van der Waals surface area contributed by atoms with Crippen molar-refractivity contribution in [2.24, 2.45) is 0 Å². The van der Waals surface area contributed by atoms with Gasteiger partial charge < -0.3 is 10.2 Å². The van der Waals surface area contributed by atoms with Gasteiger partial charge in [-0.25, -0.2) is 0 Å². The molecule has 0 aromatic heterocycles. The zero-order chi connectivity index (χ0) is 16.6. The maximum Gasteiger partial charge on any atom is 0.303 e. The summed E-state index contributed by atoms with van der Waals surface area (Å²) >= 11 is 0. The molecule has 0 aliphatic carbocycles. The number of aliphatic hydroxyl groups excluding tert-OH is 1. The SMILES string of the molecule is CCC(=O)C=CC=CC=CC(O)CCCCCCCC(=O)O. The second-order valence-corrected chi connectivity index (χ2v) is 5.22. The van der Waals surface area contributed by atoms with Crippen LogP contribution in [-0.2, 0) is 9.59 Å². The zero-order valence-electron chi connectivity index (χ0n) is 13.4. The topological polar surface area (TPSA) is 74.6 Å². The molecule has 0 amide bonds. The van der Waals surface area contributed by atoms with E-state index in [2.05, 4.69) is 0 Å². The van der Waals surface area contributed by atoms with Crippen LogP contribution in [0.5, 0.6) is 0 Å². The maximum absolute atomic E-state index is 11.0. The minimum Gasteiger partial charge on any atom is -0.481 e. The third-order valence-corrected chi connectivity index (χ3v) is 3.19. The van der Waals surface area contributed by atoms with E-state index in [0.29, 0.717) is 12.8 Å². The van der Waals surface area contributed by atoms with E-state index in [1.165, 1.54) is 6.08 Å². The Morgan fingerprint density at radius 3 is 2.27 bits per heavy atom. The van der Waals surface area contributed by atoms with Crippen LogP contribution in [0.1, 0.15) is 58.3 Å². The number of aliphatic hydroxyl groups is 1. The van der Waals surface area contributed by atoms with E-state index in [4.69, 9.17) is 5.11 Å². The third kappa shape index (κ3) is 14.7. The van der Waals surface area contributed by atoms with Crippen molar-refractivity contribution in [1.29, 1.82) is 0 Å². The van der Waals surface area contributed by atoms with Crippen molar-refractivity contribution in [1.82, 2.24) is 0 Å². The Hall–Kier alpha value is -1.68. The van der Waals surface area contributed by atoms with Gasteiger partial charge in [-0.05, 0) is 18.9 Å².